The summed E-state index contributed by atoms with van der Waals surface area (Å²) >= 11 is 1.86. The molecule has 152 valence electrons. The average molecular weight is 421 g/mol. The number of imidazole rings is 1. The van der Waals surface area contributed by atoms with Crippen molar-refractivity contribution in [3.8, 4) is 0 Å². The molecule has 3 heteroatoms. The fourth-order valence-electron chi connectivity index (χ4n) is 3.95. The van der Waals surface area contributed by atoms with Crippen LogP contribution in [0.15, 0.2) is 120 Å². The standard InChI is InChI=1S/C28H24N2S/c1-4-12-22(13-5-1)20-21-30-26-19-11-10-18-25(26)29-28(30)27(23-14-6-2-7-15-23)31-24-16-8-3-9-17-24/h1-19,27H,20-21H2. The topological polar surface area (TPSA) is 17.8 Å². The second-order valence-electron chi connectivity index (χ2n) is 7.57. The van der Waals surface area contributed by atoms with Crippen molar-refractivity contribution in [3.05, 3.63) is 132 Å². The molecule has 0 aliphatic rings. The third kappa shape index (κ3) is 4.42. The molecule has 0 bridgehead atoms. The van der Waals surface area contributed by atoms with Gasteiger partial charge in [0.2, 0.25) is 0 Å². The second-order valence-corrected chi connectivity index (χ2v) is 8.75. The van der Waals surface area contributed by atoms with Crippen LogP contribution in [0.2, 0.25) is 0 Å². The lowest BCUT2D eigenvalue weighted by atomic mass is 10.1. The zero-order chi connectivity index (χ0) is 20.9. The van der Waals surface area contributed by atoms with Crippen molar-refractivity contribution < 1.29 is 0 Å². The van der Waals surface area contributed by atoms with E-state index in [2.05, 4.69) is 120 Å². The fraction of sp³-hybridized carbons (Fsp3) is 0.107. The normalized spacial score (nSPS) is 12.1. The van der Waals surface area contributed by atoms with Gasteiger partial charge in [0.1, 0.15) is 5.82 Å². The van der Waals surface area contributed by atoms with Crippen LogP contribution in [0.1, 0.15) is 22.2 Å². The Hall–Kier alpha value is -3.30. The molecule has 0 aliphatic heterocycles. The van der Waals surface area contributed by atoms with Crippen molar-refractivity contribution in [1.82, 2.24) is 9.55 Å². The summed E-state index contributed by atoms with van der Waals surface area (Å²) in [6.07, 6.45) is 0.978. The van der Waals surface area contributed by atoms with Gasteiger partial charge in [-0.3, -0.25) is 0 Å². The molecule has 5 rings (SSSR count). The molecule has 1 heterocycles. The smallest absolute Gasteiger partial charge is 0.127 e. The molecule has 0 saturated heterocycles. The average Bonchev–Trinajstić information content (AvgIpc) is 3.21. The van der Waals surface area contributed by atoms with Gasteiger partial charge in [-0.2, -0.15) is 0 Å². The Labute approximate surface area is 187 Å². The van der Waals surface area contributed by atoms with Crippen LogP contribution < -0.4 is 0 Å². The first-order chi connectivity index (χ1) is 15.4. The van der Waals surface area contributed by atoms with E-state index in [1.54, 1.807) is 0 Å². The third-order valence-corrected chi connectivity index (χ3v) is 6.75. The molecule has 31 heavy (non-hydrogen) atoms. The first kappa shape index (κ1) is 19.7. The number of fused-ring (bicyclic) bond motifs is 1. The predicted molar refractivity (Wildman–Crippen MR) is 130 cm³/mol. The molecule has 2 nitrogen and oxygen atoms in total. The molecule has 0 N–H and O–H groups in total. The van der Waals surface area contributed by atoms with Crippen LogP contribution in [0.5, 0.6) is 0 Å². The Bertz CT molecular complexity index is 1250. The van der Waals surface area contributed by atoms with Crippen molar-refractivity contribution in [1.29, 1.82) is 0 Å². The SMILES string of the molecule is c1ccc(CCn2c(C(Sc3ccccc3)c3ccccc3)nc3ccccc32)cc1. The summed E-state index contributed by atoms with van der Waals surface area (Å²) in [5.74, 6) is 1.11. The molecular weight excluding hydrogens is 396 g/mol. The number of nitrogens with zero attached hydrogens (tertiary/aromatic N) is 2. The first-order valence-corrected chi connectivity index (χ1v) is 11.5. The van der Waals surface area contributed by atoms with Crippen LogP contribution in [0, 0.1) is 0 Å². The van der Waals surface area contributed by atoms with Crippen molar-refractivity contribution >= 4 is 22.8 Å². The highest BCUT2D eigenvalue weighted by atomic mass is 32.2. The number of para-hydroxylation sites is 2. The lowest BCUT2D eigenvalue weighted by Gasteiger charge is -2.19. The van der Waals surface area contributed by atoms with Crippen molar-refractivity contribution in [2.75, 3.05) is 0 Å². The van der Waals surface area contributed by atoms with Gasteiger partial charge in [-0.1, -0.05) is 91.0 Å². The summed E-state index contributed by atoms with van der Waals surface area (Å²) in [5.41, 5.74) is 4.87. The summed E-state index contributed by atoms with van der Waals surface area (Å²) in [5, 5.41) is 0.117. The fourth-order valence-corrected chi connectivity index (χ4v) is 5.11. The van der Waals surface area contributed by atoms with E-state index in [1.165, 1.54) is 21.5 Å². The summed E-state index contributed by atoms with van der Waals surface area (Å²) in [6.45, 7) is 0.901. The third-order valence-electron chi connectivity index (χ3n) is 5.48. The molecule has 0 saturated carbocycles. The van der Waals surface area contributed by atoms with E-state index in [-0.39, 0.29) is 5.25 Å². The molecule has 0 fully saturated rings. The number of aromatic nitrogens is 2. The summed E-state index contributed by atoms with van der Waals surface area (Å²) in [7, 11) is 0. The minimum Gasteiger partial charge on any atom is -0.326 e. The summed E-state index contributed by atoms with van der Waals surface area (Å²) < 4.78 is 2.41. The zero-order valence-electron chi connectivity index (χ0n) is 17.3. The highest BCUT2D eigenvalue weighted by Crippen LogP contribution is 2.41. The molecule has 1 atom stereocenters. The quantitative estimate of drug-likeness (QED) is 0.260. The minimum atomic E-state index is 0.117. The molecule has 4 aromatic carbocycles. The maximum Gasteiger partial charge on any atom is 0.127 e. The van der Waals surface area contributed by atoms with E-state index in [0.717, 1.165) is 24.3 Å². The molecule has 0 aliphatic carbocycles. The van der Waals surface area contributed by atoms with Crippen LogP contribution in [0.3, 0.4) is 0 Å². The highest BCUT2D eigenvalue weighted by molar-refractivity contribution is 7.99. The molecule has 1 aromatic heterocycles. The molecule has 1 unspecified atom stereocenters. The van der Waals surface area contributed by atoms with Crippen molar-refractivity contribution in [2.24, 2.45) is 0 Å². The van der Waals surface area contributed by atoms with Gasteiger partial charge in [0.25, 0.3) is 0 Å². The largest absolute Gasteiger partial charge is 0.326 e. The molecule has 0 radical (unpaired) electrons. The second kappa shape index (κ2) is 9.23. The Morgan fingerprint density at radius 3 is 2.03 bits per heavy atom. The number of benzene rings is 4. The monoisotopic (exact) mass is 420 g/mol. The summed E-state index contributed by atoms with van der Waals surface area (Å²) in [4.78, 5) is 6.39. The zero-order valence-corrected chi connectivity index (χ0v) is 18.1. The van der Waals surface area contributed by atoms with Gasteiger partial charge in [-0.25, -0.2) is 4.98 Å². The van der Waals surface area contributed by atoms with Gasteiger partial charge in [-0.15, -0.1) is 11.8 Å². The van der Waals surface area contributed by atoms with Crippen LogP contribution in [-0.2, 0) is 13.0 Å². The minimum absolute atomic E-state index is 0.117. The van der Waals surface area contributed by atoms with Gasteiger partial charge in [0, 0.05) is 11.4 Å². The number of rotatable bonds is 7. The number of aryl methyl sites for hydroxylation is 2. The highest BCUT2D eigenvalue weighted by Gasteiger charge is 2.23. The molecule has 0 spiro atoms. The predicted octanol–water partition coefficient (Wildman–Crippen LogP) is 7.16. The van der Waals surface area contributed by atoms with Gasteiger partial charge in [-0.05, 0) is 41.8 Å². The van der Waals surface area contributed by atoms with Crippen LogP contribution in [0.25, 0.3) is 11.0 Å². The van der Waals surface area contributed by atoms with E-state index in [0.29, 0.717) is 0 Å². The van der Waals surface area contributed by atoms with E-state index in [4.69, 9.17) is 4.98 Å². The Morgan fingerprint density at radius 2 is 1.29 bits per heavy atom. The lowest BCUT2D eigenvalue weighted by molar-refractivity contribution is 0.676. The van der Waals surface area contributed by atoms with Gasteiger partial charge in [0.15, 0.2) is 0 Å². The Kier molecular flexibility index (Phi) is 5.85. The van der Waals surface area contributed by atoms with Crippen molar-refractivity contribution in [3.63, 3.8) is 0 Å². The van der Waals surface area contributed by atoms with Crippen LogP contribution >= 0.6 is 11.8 Å². The molecular formula is C28H24N2S. The van der Waals surface area contributed by atoms with Crippen LogP contribution in [-0.4, -0.2) is 9.55 Å². The number of hydrogen-bond donors (Lipinski definition) is 0. The van der Waals surface area contributed by atoms with Gasteiger partial charge in [0.05, 0.1) is 16.3 Å². The van der Waals surface area contributed by atoms with E-state index < -0.39 is 0 Å². The van der Waals surface area contributed by atoms with Gasteiger partial charge >= 0.3 is 0 Å². The van der Waals surface area contributed by atoms with E-state index >= 15 is 0 Å². The first-order valence-electron chi connectivity index (χ1n) is 10.6. The lowest BCUT2D eigenvalue weighted by Crippen LogP contribution is -2.10. The number of thioether (sulfide) groups is 1. The van der Waals surface area contributed by atoms with E-state index in [1.807, 2.05) is 11.8 Å². The Balaban J connectivity index is 1.59. The molecule has 0 amide bonds. The van der Waals surface area contributed by atoms with Crippen molar-refractivity contribution in [2.45, 2.75) is 23.1 Å². The Morgan fingerprint density at radius 1 is 0.677 bits per heavy atom. The molecule has 5 aromatic rings. The van der Waals surface area contributed by atoms with Crippen LogP contribution in [0.4, 0.5) is 0 Å². The van der Waals surface area contributed by atoms with Gasteiger partial charge < -0.3 is 4.57 Å². The number of hydrogen-bond acceptors (Lipinski definition) is 2. The van der Waals surface area contributed by atoms with E-state index in [9.17, 15) is 0 Å². The summed E-state index contributed by atoms with van der Waals surface area (Å²) in [6, 6.07) is 40.5. The maximum atomic E-state index is 5.14. The maximum absolute atomic E-state index is 5.14.